The van der Waals surface area contributed by atoms with E-state index < -0.39 is 0 Å². The molecule has 0 radical (unpaired) electrons. The number of nitrogens with zero attached hydrogens (tertiary/aromatic N) is 4. The van der Waals surface area contributed by atoms with Crippen LogP contribution in [0.3, 0.4) is 0 Å². The zero-order valence-corrected chi connectivity index (χ0v) is 14.2. The number of benzene rings is 1. The molecule has 0 aliphatic carbocycles. The van der Waals surface area contributed by atoms with Crippen molar-refractivity contribution < 1.29 is 4.79 Å². The Hall–Kier alpha value is -2.63. The van der Waals surface area contributed by atoms with Crippen molar-refractivity contribution in [3.8, 4) is 0 Å². The van der Waals surface area contributed by atoms with E-state index in [-0.39, 0.29) is 18.1 Å². The van der Waals surface area contributed by atoms with Crippen LogP contribution in [0.4, 0.5) is 10.7 Å². The van der Waals surface area contributed by atoms with E-state index in [1.807, 2.05) is 29.2 Å². The third kappa shape index (κ3) is 3.43. The number of piperidine rings is 1. The van der Waals surface area contributed by atoms with Crippen LogP contribution < -0.4 is 10.2 Å². The molecule has 4 rings (SSSR count). The van der Waals surface area contributed by atoms with Gasteiger partial charge in [-0.25, -0.2) is 14.8 Å². The molecular formula is C19H23N5O. The summed E-state index contributed by atoms with van der Waals surface area (Å²) in [5, 5.41) is 3.21. The summed E-state index contributed by atoms with van der Waals surface area (Å²) < 4.78 is 0. The minimum Gasteiger partial charge on any atom is -0.341 e. The molecule has 1 aromatic carbocycles. The molecule has 1 atom stereocenters. The Bertz CT molecular complexity index is 700. The van der Waals surface area contributed by atoms with E-state index in [4.69, 9.17) is 0 Å². The van der Waals surface area contributed by atoms with Crippen LogP contribution >= 0.6 is 0 Å². The van der Waals surface area contributed by atoms with E-state index in [9.17, 15) is 4.79 Å². The summed E-state index contributed by atoms with van der Waals surface area (Å²) in [7, 11) is 0. The summed E-state index contributed by atoms with van der Waals surface area (Å²) in [6.45, 7) is 2.58. The maximum Gasteiger partial charge on any atom is 0.318 e. The predicted octanol–water partition coefficient (Wildman–Crippen LogP) is 2.60. The van der Waals surface area contributed by atoms with Crippen molar-refractivity contribution in [2.75, 3.05) is 24.5 Å². The Balaban J connectivity index is 1.29. The van der Waals surface area contributed by atoms with Crippen LogP contribution in [0.25, 0.3) is 0 Å². The van der Waals surface area contributed by atoms with Crippen molar-refractivity contribution in [3.63, 3.8) is 0 Å². The van der Waals surface area contributed by atoms with E-state index in [1.54, 1.807) is 12.4 Å². The lowest BCUT2D eigenvalue weighted by molar-refractivity contribution is 0.111. The molecule has 2 aromatic rings. The lowest BCUT2D eigenvalue weighted by Crippen LogP contribution is -2.54. The highest BCUT2D eigenvalue weighted by Crippen LogP contribution is 2.33. The second kappa shape index (κ2) is 7.09. The van der Waals surface area contributed by atoms with E-state index >= 15 is 0 Å². The molecule has 1 aromatic heterocycles. The van der Waals surface area contributed by atoms with Gasteiger partial charge >= 0.3 is 6.03 Å². The van der Waals surface area contributed by atoms with Gasteiger partial charge in [-0.05, 0) is 30.9 Å². The average Bonchev–Trinajstić information content (AvgIpc) is 2.63. The molecule has 3 heterocycles. The van der Waals surface area contributed by atoms with Gasteiger partial charge < -0.3 is 15.1 Å². The molecule has 2 aliphatic heterocycles. The van der Waals surface area contributed by atoms with Crippen LogP contribution in [0.15, 0.2) is 48.8 Å². The number of nitrogens with one attached hydrogen (secondary N) is 1. The molecule has 1 N–H and O–H groups in total. The number of anilines is 1. The van der Waals surface area contributed by atoms with Gasteiger partial charge in [-0.1, -0.05) is 30.3 Å². The normalized spacial score (nSPS) is 20.9. The van der Waals surface area contributed by atoms with E-state index in [0.29, 0.717) is 0 Å². The van der Waals surface area contributed by atoms with Crippen LogP contribution in [-0.2, 0) is 0 Å². The lowest BCUT2D eigenvalue weighted by Gasteiger charge is -2.42. The first-order chi connectivity index (χ1) is 12.3. The second-order valence-corrected chi connectivity index (χ2v) is 6.67. The maximum absolute atomic E-state index is 12.6. The number of hydrogen-bond acceptors (Lipinski definition) is 4. The fourth-order valence-electron chi connectivity index (χ4n) is 3.59. The highest BCUT2D eigenvalue weighted by Gasteiger charge is 2.34. The van der Waals surface area contributed by atoms with E-state index in [2.05, 4.69) is 32.3 Å². The van der Waals surface area contributed by atoms with Gasteiger partial charge in [-0.3, -0.25) is 0 Å². The van der Waals surface area contributed by atoms with Crippen LogP contribution in [0, 0.1) is 0 Å². The van der Waals surface area contributed by atoms with Crippen LogP contribution in [0.2, 0.25) is 0 Å². The SMILES string of the molecule is O=C(NC1CCN(c2ncccn2)CC1)N1CC[C@@H]1c1ccccc1. The largest absolute Gasteiger partial charge is 0.341 e. The second-order valence-electron chi connectivity index (χ2n) is 6.67. The summed E-state index contributed by atoms with van der Waals surface area (Å²) in [4.78, 5) is 25.3. The molecule has 130 valence electrons. The third-order valence-corrected chi connectivity index (χ3v) is 5.12. The van der Waals surface area contributed by atoms with Crippen LogP contribution in [0.1, 0.15) is 30.9 Å². The van der Waals surface area contributed by atoms with Crippen molar-refractivity contribution in [2.45, 2.75) is 31.3 Å². The molecule has 0 spiro atoms. The number of amides is 2. The maximum atomic E-state index is 12.6. The van der Waals surface area contributed by atoms with Crippen LogP contribution in [0.5, 0.6) is 0 Å². The molecule has 25 heavy (non-hydrogen) atoms. The zero-order chi connectivity index (χ0) is 17.1. The first kappa shape index (κ1) is 15.9. The summed E-state index contributed by atoms with van der Waals surface area (Å²) in [6, 6.07) is 12.6. The van der Waals surface area contributed by atoms with Gasteiger partial charge in [-0.2, -0.15) is 0 Å². The van der Waals surface area contributed by atoms with Crippen molar-refractivity contribution >= 4 is 12.0 Å². The number of rotatable bonds is 3. The fourth-order valence-corrected chi connectivity index (χ4v) is 3.59. The van der Waals surface area contributed by atoms with Crippen molar-refractivity contribution in [2.24, 2.45) is 0 Å². The Morgan fingerprint density at radius 1 is 0.960 bits per heavy atom. The smallest absolute Gasteiger partial charge is 0.318 e. The molecule has 2 aliphatic rings. The molecule has 2 saturated heterocycles. The summed E-state index contributed by atoms with van der Waals surface area (Å²) in [6.07, 6.45) is 6.43. The highest BCUT2D eigenvalue weighted by atomic mass is 16.2. The van der Waals surface area contributed by atoms with E-state index in [0.717, 1.165) is 44.8 Å². The summed E-state index contributed by atoms with van der Waals surface area (Å²) >= 11 is 0. The van der Waals surface area contributed by atoms with Crippen molar-refractivity contribution in [1.82, 2.24) is 20.2 Å². The quantitative estimate of drug-likeness (QED) is 0.935. The molecule has 2 fully saturated rings. The van der Waals surface area contributed by atoms with Gasteiger partial charge in [0.05, 0.1) is 6.04 Å². The molecule has 6 heteroatoms. The van der Waals surface area contributed by atoms with Gasteiger partial charge in [-0.15, -0.1) is 0 Å². The standard InChI is InChI=1S/C19H23N5O/c25-19(24-14-9-17(24)15-5-2-1-3-6-15)22-16-7-12-23(13-8-16)18-20-10-4-11-21-18/h1-6,10-11,16-17H,7-9,12-14H2,(H,22,25)/t17-/m1/s1. The number of hydrogen-bond donors (Lipinski definition) is 1. The number of carbonyl (C=O) groups is 1. The van der Waals surface area contributed by atoms with Gasteiger partial charge in [0.1, 0.15) is 0 Å². The van der Waals surface area contributed by atoms with Gasteiger partial charge in [0.15, 0.2) is 0 Å². The van der Waals surface area contributed by atoms with Gasteiger partial charge in [0.25, 0.3) is 0 Å². The summed E-state index contributed by atoms with van der Waals surface area (Å²) in [5.41, 5.74) is 1.22. The molecule has 0 unspecified atom stereocenters. The van der Waals surface area contributed by atoms with E-state index in [1.165, 1.54) is 5.56 Å². The number of urea groups is 1. The molecule has 0 saturated carbocycles. The monoisotopic (exact) mass is 337 g/mol. The predicted molar refractivity (Wildman–Crippen MR) is 96.3 cm³/mol. The lowest BCUT2D eigenvalue weighted by atomic mass is 9.95. The highest BCUT2D eigenvalue weighted by molar-refractivity contribution is 5.76. The first-order valence-electron chi connectivity index (χ1n) is 8.95. The minimum absolute atomic E-state index is 0.0644. The Morgan fingerprint density at radius 3 is 2.32 bits per heavy atom. The number of aromatic nitrogens is 2. The van der Waals surface area contributed by atoms with Crippen LogP contribution in [-0.4, -0.2) is 46.6 Å². The van der Waals surface area contributed by atoms with Crippen molar-refractivity contribution in [3.05, 3.63) is 54.4 Å². The summed E-state index contributed by atoms with van der Waals surface area (Å²) in [5.74, 6) is 0.777. The van der Waals surface area contributed by atoms with Crippen molar-refractivity contribution in [1.29, 1.82) is 0 Å². The van der Waals surface area contributed by atoms with Gasteiger partial charge in [0.2, 0.25) is 5.95 Å². The number of likely N-dealkylation sites (tertiary alicyclic amines) is 1. The number of carbonyl (C=O) groups excluding carboxylic acids is 1. The minimum atomic E-state index is 0.0644. The Labute approximate surface area is 147 Å². The zero-order valence-electron chi connectivity index (χ0n) is 14.2. The topological polar surface area (TPSA) is 61.4 Å². The fraction of sp³-hybridized carbons (Fsp3) is 0.421. The molecule has 2 amide bonds. The average molecular weight is 337 g/mol. The van der Waals surface area contributed by atoms with Gasteiger partial charge in [0, 0.05) is 38.1 Å². The molecule has 0 bridgehead atoms. The molecular weight excluding hydrogens is 314 g/mol. The first-order valence-corrected chi connectivity index (χ1v) is 8.95. The Kier molecular flexibility index (Phi) is 4.50. The third-order valence-electron chi connectivity index (χ3n) is 5.12. The molecule has 6 nitrogen and oxygen atoms in total. The Morgan fingerprint density at radius 2 is 1.68 bits per heavy atom.